The molecule has 0 aliphatic rings. The van der Waals surface area contributed by atoms with Crippen LogP contribution >= 0.6 is 11.6 Å². The monoisotopic (exact) mass is 429 g/mol. The van der Waals surface area contributed by atoms with E-state index in [0.29, 0.717) is 22.9 Å². The first kappa shape index (κ1) is 21.9. The van der Waals surface area contributed by atoms with Gasteiger partial charge in [0.1, 0.15) is 18.2 Å². The van der Waals surface area contributed by atoms with Crippen LogP contribution in [0.2, 0.25) is 5.02 Å². The van der Waals surface area contributed by atoms with Crippen LogP contribution < -0.4 is 19.5 Å². The van der Waals surface area contributed by atoms with E-state index >= 15 is 0 Å². The summed E-state index contributed by atoms with van der Waals surface area (Å²) >= 11 is 6.09. The Bertz CT molecular complexity index is 960. The molecule has 158 valence electrons. The molecule has 0 aliphatic carbocycles. The zero-order valence-corrected chi connectivity index (χ0v) is 17.8. The summed E-state index contributed by atoms with van der Waals surface area (Å²) in [5.41, 5.74) is 2.51. The van der Waals surface area contributed by atoms with Gasteiger partial charge in [-0.2, -0.15) is 0 Å². The third-order valence-corrected chi connectivity index (χ3v) is 5.11. The molecule has 1 N–H and O–H groups in total. The fraction of sp³-hybridized carbons (Fsp3) is 0.250. The number of halogens is 2. The summed E-state index contributed by atoms with van der Waals surface area (Å²) in [7, 11) is 3.25. The van der Waals surface area contributed by atoms with Gasteiger partial charge in [0.25, 0.3) is 0 Å². The lowest BCUT2D eigenvalue weighted by atomic mass is 10.1. The van der Waals surface area contributed by atoms with Gasteiger partial charge in [0.05, 0.1) is 19.2 Å². The summed E-state index contributed by atoms with van der Waals surface area (Å²) in [5.74, 6) is 1.78. The first-order chi connectivity index (χ1) is 14.6. The van der Waals surface area contributed by atoms with Crippen molar-refractivity contribution in [1.29, 1.82) is 0 Å². The Balaban J connectivity index is 1.55. The molecule has 0 aromatic heterocycles. The zero-order chi connectivity index (χ0) is 21.3. The molecule has 30 heavy (non-hydrogen) atoms. The van der Waals surface area contributed by atoms with Crippen molar-refractivity contribution in [1.82, 2.24) is 5.32 Å². The van der Waals surface area contributed by atoms with E-state index in [1.54, 1.807) is 26.4 Å². The van der Waals surface area contributed by atoms with Crippen LogP contribution in [0.3, 0.4) is 0 Å². The van der Waals surface area contributed by atoms with Crippen LogP contribution in [0, 0.1) is 5.82 Å². The van der Waals surface area contributed by atoms with Crippen molar-refractivity contribution in [2.75, 3.05) is 20.8 Å². The van der Waals surface area contributed by atoms with Gasteiger partial charge in [-0.1, -0.05) is 41.9 Å². The van der Waals surface area contributed by atoms with E-state index in [1.807, 2.05) is 42.5 Å². The van der Waals surface area contributed by atoms with Gasteiger partial charge in [-0.25, -0.2) is 4.39 Å². The summed E-state index contributed by atoms with van der Waals surface area (Å²) in [5, 5.41) is 3.79. The topological polar surface area (TPSA) is 39.7 Å². The Kier molecular flexibility index (Phi) is 7.94. The Hall–Kier alpha value is -2.76. The van der Waals surface area contributed by atoms with E-state index in [2.05, 4.69) is 5.32 Å². The summed E-state index contributed by atoms with van der Waals surface area (Å²) in [6.07, 6.45) is 0.841. The van der Waals surface area contributed by atoms with Crippen LogP contribution in [0.25, 0.3) is 0 Å². The smallest absolute Gasteiger partial charge is 0.160 e. The number of methoxy groups -OCH3 is 2. The molecule has 0 heterocycles. The molecule has 0 radical (unpaired) electrons. The summed E-state index contributed by atoms with van der Waals surface area (Å²) in [6.45, 7) is 1.49. The molecule has 3 rings (SSSR count). The fourth-order valence-electron chi connectivity index (χ4n) is 3.10. The minimum absolute atomic E-state index is 0.0775. The molecular weight excluding hydrogens is 405 g/mol. The Morgan fingerprint density at radius 1 is 0.900 bits per heavy atom. The van der Waals surface area contributed by atoms with E-state index in [4.69, 9.17) is 25.8 Å². The van der Waals surface area contributed by atoms with Gasteiger partial charge in [-0.3, -0.25) is 0 Å². The number of ether oxygens (including phenoxy) is 3. The third kappa shape index (κ3) is 5.65. The standard InChI is InChI=1S/C24H25ClFNO3/c1-28-23-11-10-17(14-24(23)29-2)12-13-27-15-18-6-3-4-9-22(18)30-16-19-20(25)7-5-8-21(19)26/h3-11,14,27H,12-13,15-16H2,1-2H3. The summed E-state index contributed by atoms with van der Waals surface area (Å²) in [4.78, 5) is 0. The Labute approximate surface area is 181 Å². The molecule has 0 aliphatic heterocycles. The summed E-state index contributed by atoms with van der Waals surface area (Å²) < 4.78 is 30.5. The SMILES string of the molecule is COc1ccc(CCNCc2ccccc2OCc2c(F)cccc2Cl)cc1OC. The first-order valence-electron chi connectivity index (χ1n) is 9.67. The number of nitrogens with one attached hydrogen (secondary N) is 1. The lowest BCUT2D eigenvalue weighted by molar-refractivity contribution is 0.296. The molecule has 0 spiro atoms. The van der Waals surface area contributed by atoms with Crippen molar-refractivity contribution >= 4 is 11.6 Å². The van der Waals surface area contributed by atoms with Crippen LogP contribution in [-0.4, -0.2) is 20.8 Å². The largest absolute Gasteiger partial charge is 0.493 e. The fourth-order valence-corrected chi connectivity index (χ4v) is 3.32. The van der Waals surface area contributed by atoms with Gasteiger partial charge < -0.3 is 19.5 Å². The molecule has 0 saturated carbocycles. The molecular formula is C24H25ClFNO3. The van der Waals surface area contributed by atoms with Gasteiger partial charge in [-0.05, 0) is 48.9 Å². The minimum Gasteiger partial charge on any atom is -0.493 e. The van der Waals surface area contributed by atoms with Crippen molar-refractivity contribution in [2.24, 2.45) is 0 Å². The molecule has 4 nitrogen and oxygen atoms in total. The maximum absolute atomic E-state index is 14.0. The van der Waals surface area contributed by atoms with Crippen LogP contribution in [0.4, 0.5) is 4.39 Å². The number of rotatable bonds is 10. The van der Waals surface area contributed by atoms with Crippen LogP contribution in [-0.2, 0) is 19.6 Å². The van der Waals surface area contributed by atoms with E-state index in [0.717, 1.165) is 35.6 Å². The highest BCUT2D eigenvalue weighted by atomic mass is 35.5. The highest BCUT2D eigenvalue weighted by Crippen LogP contribution is 2.28. The number of benzene rings is 3. The van der Waals surface area contributed by atoms with Gasteiger partial charge in [0.15, 0.2) is 11.5 Å². The second kappa shape index (κ2) is 10.9. The normalized spacial score (nSPS) is 10.7. The van der Waals surface area contributed by atoms with Crippen LogP contribution in [0.15, 0.2) is 60.7 Å². The summed E-state index contributed by atoms with van der Waals surface area (Å²) in [6, 6.07) is 18.2. The number of hydrogen-bond acceptors (Lipinski definition) is 4. The highest BCUT2D eigenvalue weighted by molar-refractivity contribution is 6.31. The second-order valence-electron chi connectivity index (χ2n) is 6.71. The maximum Gasteiger partial charge on any atom is 0.160 e. The van der Waals surface area contributed by atoms with E-state index in [9.17, 15) is 4.39 Å². The van der Waals surface area contributed by atoms with Crippen LogP contribution in [0.5, 0.6) is 17.2 Å². The van der Waals surface area contributed by atoms with Gasteiger partial charge in [0, 0.05) is 17.7 Å². The maximum atomic E-state index is 14.0. The van der Waals surface area contributed by atoms with E-state index in [1.165, 1.54) is 6.07 Å². The molecule has 0 atom stereocenters. The molecule has 6 heteroatoms. The molecule has 0 bridgehead atoms. The van der Waals surface area contributed by atoms with Crippen molar-refractivity contribution in [2.45, 2.75) is 19.6 Å². The number of para-hydroxylation sites is 1. The Morgan fingerprint density at radius 2 is 1.70 bits per heavy atom. The minimum atomic E-state index is -0.368. The van der Waals surface area contributed by atoms with E-state index < -0.39 is 0 Å². The zero-order valence-electron chi connectivity index (χ0n) is 17.1. The van der Waals surface area contributed by atoms with Crippen molar-refractivity contribution in [3.05, 3.63) is 88.2 Å². The second-order valence-corrected chi connectivity index (χ2v) is 7.12. The Morgan fingerprint density at radius 3 is 2.47 bits per heavy atom. The predicted octanol–water partition coefficient (Wildman–Crippen LogP) is 5.41. The lowest BCUT2D eigenvalue weighted by Crippen LogP contribution is -2.17. The number of hydrogen-bond donors (Lipinski definition) is 1. The first-order valence-corrected chi connectivity index (χ1v) is 10.1. The molecule has 3 aromatic carbocycles. The van der Waals surface area contributed by atoms with E-state index in [-0.39, 0.29) is 12.4 Å². The van der Waals surface area contributed by atoms with Gasteiger partial charge >= 0.3 is 0 Å². The van der Waals surface area contributed by atoms with Crippen LogP contribution in [0.1, 0.15) is 16.7 Å². The average Bonchev–Trinajstić information content (AvgIpc) is 2.77. The molecule has 0 fully saturated rings. The third-order valence-electron chi connectivity index (χ3n) is 4.76. The average molecular weight is 430 g/mol. The van der Waals surface area contributed by atoms with Gasteiger partial charge in [-0.15, -0.1) is 0 Å². The highest BCUT2D eigenvalue weighted by Gasteiger charge is 2.10. The quantitative estimate of drug-likeness (QED) is 0.437. The predicted molar refractivity (Wildman–Crippen MR) is 117 cm³/mol. The van der Waals surface area contributed by atoms with Crippen molar-refractivity contribution in [3.8, 4) is 17.2 Å². The lowest BCUT2D eigenvalue weighted by Gasteiger charge is -2.14. The molecule has 0 saturated heterocycles. The molecule has 0 unspecified atom stereocenters. The van der Waals surface area contributed by atoms with Crippen molar-refractivity contribution < 1.29 is 18.6 Å². The van der Waals surface area contributed by atoms with Gasteiger partial charge in [0.2, 0.25) is 0 Å². The molecule has 0 amide bonds. The van der Waals surface area contributed by atoms with Crippen molar-refractivity contribution in [3.63, 3.8) is 0 Å². The molecule has 3 aromatic rings.